The molecule has 0 saturated carbocycles. The number of nitrogens with one attached hydrogen (secondary N) is 1. The summed E-state index contributed by atoms with van der Waals surface area (Å²) in [5, 5.41) is 31.7. The van der Waals surface area contributed by atoms with Crippen molar-refractivity contribution in [3.05, 3.63) is 41.1 Å². The summed E-state index contributed by atoms with van der Waals surface area (Å²) in [6.07, 6.45) is 0. The fourth-order valence-electron chi connectivity index (χ4n) is 3.81. The fourth-order valence-corrected chi connectivity index (χ4v) is 6.17. The number of carboxylic acids is 2. The first-order valence-electron chi connectivity index (χ1n) is 10.9. The highest BCUT2D eigenvalue weighted by Crippen LogP contribution is 2.41. The van der Waals surface area contributed by atoms with Crippen LogP contribution in [0.3, 0.4) is 0 Å². The number of hydrogen-bond acceptors (Lipinski definition) is 12. The Morgan fingerprint density at radius 2 is 2.08 bits per heavy atom. The van der Waals surface area contributed by atoms with Crippen LogP contribution in [0.4, 0.5) is 0 Å². The molecule has 3 atom stereocenters. The number of fused-ring (bicyclic) bond motifs is 1. The van der Waals surface area contributed by atoms with E-state index in [0.29, 0.717) is 11.1 Å². The number of β-lactam (4-membered cyclic amide) rings is 1. The topological polar surface area (TPSA) is 220 Å². The third kappa shape index (κ3) is 5.63. The highest BCUT2D eigenvalue weighted by atomic mass is 32.2. The standard InChI is InChI=1S/C21H21N7O8S2/c1-9(29)36-12-4-2-3-10(5-12)14(22)17(32)23-15-18(33)28-16(20(34)35)11(7-37-19(15)28)8-38-21-24-25-26-27(21)6-13(30)31/h2-5,14-15,19H,6-8,22H2,1H3,(H,23,32)(H,30,31)(H,34,35)/t14-,15?,19-/m1/s1. The van der Waals surface area contributed by atoms with Gasteiger partial charge in [0.05, 0.1) is 0 Å². The molecule has 0 aliphatic carbocycles. The molecule has 1 aromatic carbocycles. The number of nitrogens with two attached hydrogens (primary N) is 1. The van der Waals surface area contributed by atoms with Crippen LogP contribution in [-0.4, -0.2) is 88.0 Å². The molecule has 1 aromatic heterocycles. The fraction of sp³-hybridized carbons (Fsp3) is 0.333. The number of ether oxygens (including phenoxy) is 1. The first-order valence-corrected chi connectivity index (χ1v) is 12.9. The van der Waals surface area contributed by atoms with Crippen molar-refractivity contribution in [1.82, 2.24) is 30.4 Å². The molecule has 4 rings (SSSR count). The number of carbonyl (C=O) groups is 5. The van der Waals surface area contributed by atoms with E-state index < -0.39 is 53.7 Å². The second kappa shape index (κ2) is 11.2. The van der Waals surface area contributed by atoms with Gasteiger partial charge in [0.15, 0.2) is 0 Å². The van der Waals surface area contributed by atoms with Crippen LogP contribution in [0, 0.1) is 0 Å². The van der Waals surface area contributed by atoms with Gasteiger partial charge in [-0.2, -0.15) is 0 Å². The predicted molar refractivity (Wildman–Crippen MR) is 131 cm³/mol. The van der Waals surface area contributed by atoms with Gasteiger partial charge in [-0.05, 0) is 33.7 Å². The molecule has 200 valence electrons. The van der Waals surface area contributed by atoms with E-state index >= 15 is 0 Å². The maximum atomic E-state index is 12.9. The van der Waals surface area contributed by atoms with Gasteiger partial charge in [0.2, 0.25) is 11.1 Å². The van der Waals surface area contributed by atoms with Crippen molar-refractivity contribution in [3.8, 4) is 5.75 Å². The van der Waals surface area contributed by atoms with Gasteiger partial charge in [-0.25, -0.2) is 9.48 Å². The molecule has 1 fully saturated rings. The van der Waals surface area contributed by atoms with Crippen molar-refractivity contribution in [1.29, 1.82) is 0 Å². The summed E-state index contributed by atoms with van der Waals surface area (Å²) in [4.78, 5) is 61.1. The summed E-state index contributed by atoms with van der Waals surface area (Å²) in [5.74, 6) is -3.69. The lowest BCUT2D eigenvalue weighted by atomic mass is 10.0. The minimum Gasteiger partial charge on any atom is -0.480 e. The van der Waals surface area contributed by atoms with E-state index in [0.717, 1.165) is 21.3 Å². The van der Waals surface area contributed by atoms with Gasteiger partial charge in [-0.1, -0.05) is 23.9 Å². The lowest BCUT2D eigenvalue weighted by molar-refractivity contribution is -0.150. The number of carboxylic acid groups (broad SMARTS) is 2. The van der Waals surface area contributed by atoms with E-state index in [9.17, 15) is 29.1 Å². The third-order valence-corrected chi connectivity index (χ3v) is 7.85. The normalized spacial score (nSPS) is 19.3. The van der Waals surface area contributed by atoms with Gasteiger partial charge in [0.25, 0.3) is 5.91 Å². The molecule has 5 N–H and O–H groups in total. The van der Waals surface area contributed by atoms with Gasteiger partial charge in [0.1, 0.15) is 35.4 Å². The van der Waals surface area contributed by atoms with Crippen molar-refractivity contribution in [2.24, 2.45) is 5.73 Å². The van der Waals surface area contributed by atoms with Gasteiger partial charge in [-0.15, -0.1) is 16.9 Å². The molecule has 17 heteroatoms. The predicted octanol–water partition coefficient (Wildman–Crippen LogP) is -0.786. The number of benzene rings is 1. The van der Waals surface area contributed by atoms with Crippen LogP contribution in [0.25, 0.3) is 0 Å². The highest BCUT2D eigenvalue weighted by Gasteiger charge is 2.54. The van der Waals surface area contributed by atoms with E-state index in [-0.39, 0.29) is 28.1 Å². The summed E-state index contributed by atoms with van der Waals surface area (Å²) < 4.78 is 6.07. The molecule has 1 saturated heterocycles. The number of amides is 2. The minimum atomic E-state index is -1.31. The van der Waals surface area contributed by atoms with E-state index in [1.807, 2.05) is 0 Å². The molecule has 2 aliphatic rings. The van der Waals surface area contributed by atoms with E-state index in [1.165, 1.54) is 30.8 Å². The van der Waals surface area contributed by atoms with E-state index in [4.69, 9.17) is 15.6 Å². The first-order chi connectivity index (χ1) is 18.1. The zero-order valence-corrected chi connectivity index (χ0v) is 21.3. The summed E-state index contributed by atoms with van der Waals surface area (Å²) in [6, 6.07) is 3.96. The van der Waals surface area contributed by atoms with Crippen LogP contribution in [0.2, 0.25) is 0 Å². The second-order valence-electron chi connectivity index (χ2n) is 8.10. The summed E-state index contributed by atoms with van der Waals surface area (Å²) in [5.41, 5.74) is 6.64. The van der Waals surface area contributed by atoms with Crippen molar-refractivity contribution < 1.29 is 38.9 Å². The number of carbonyl (C=O) groups excluding carboxylic acids is 3. The first kappa shape index (κ1) is 27.1. The lowest BCUT2D eigenvalue weighted by Crippen LogP contribution is -2.71. The smallest absolute Gasteiger partial charge is 0.352 e. The summed E-state index contributed by atoms with van der Waals surface area (Å²) >= 11 is 2.31. The number of aliphatic carboxylic acids is 2. The van der Waals surface area contributed by atoms with Crippen molar-refractivity contribution in [2.75, 3.05) is 11.5 Å². The Labute approximate surface area is 222 Å². The molecular formula is C21H21N7O8S2. The number of aromatic nitrogens is 4. The molecule has 0 spiro atoms. The van der Waals surface area contributed by atoms with Crippen LogP contribution in [0.1, 0.15) is 18.5 Å². The summed E-state index contributed by atoms with van der Waals surface area (Å²) in [6.45, 7) is 0.779. The van der Waals surface area contributed by atoms with Gasteiger partial charge in [-0.3, -0.25) is 24.1 Å². The SMILES string of the molecule is CC(=O)Oc1cccc([C@@H](N)C(=O)NC2C(=O)N3C(C(=O)O)=C(CSc4nnnn4CC(=O)O)CS[C@H]23)c1. The molecule has 2 amide bonds. The van der Waals surface area contributed by atoms with Gasteiger partial charge in [0, 0.05) is 18.4 Å². The lowest BCUT2D eigenvalue weighted by Gasteiger charge is -2.49. The van der Waals surface area contributed by atoms with Crippen LogP contribution < -0.4 is 15.8 Å². The Bertz CT molecular complexity index is 1350. The van der Waals surface area contributed by atoms with Gasteiger partial charge < -0.3 is 26.0 Å². The van der Waals surface area contributed by atoms with E-state index in [1.54, 1.807) is 12.1 Å². The number of rotatable bonds is 10. The van der Waals surface area contributed by atoms with Crippen molar-refractivity contribution in [2.45, 2.75) is 36.1 Å². The monoisotopic (exact) mass is 563 g/mol. The summed E-state index contributed by atoms with van der Waals surface area (Å²) in [7, 11) is 0. The number of nitrogens with zero attached hydrogens (tertiary/aromatic N) is 5. The van der Waals surface area contributed by atoms with Crippen LogP contribution in [0.5, 0.6) is 5.75 Å². The molecule has 0 bridgehead atoms. The molecule has 15 nitrogen and oxygen atoms in total. The molecule has 3 heterocycles. The Balaban J connectivity index is 1.44. The van der Waals surface area contributed by atoms with Crippen molar-refractivity contribution >= 4 is 53.2 Å². The largest absolute Gasteiger partial charge is 0.480 e. The maximum Gasteiger partial charge on any atom is 0.352 e. The third-order valence-electron chi connectivity index (χ3n) is 5.47. The average molecular weight is 564 g/mol. The number of hydrogen-bond donors (Lipinski definition) is 4. The van der Waals surface area contributed by atoms with Crippen LogP contribution in [0.15, 0.2) is 40.7 Å². The Morgan fingerprint density at radius 3 is 2.76 bits per heavy atom. The second-order valence-corrected chi connectivity index (χ2v) is 10.1. The molecule has 2 aliphatic heterocycles. The Hall–Kier alpha value is -3.96. The molecular weight excluding hydrogens is 542 g/mol. The van der Waals surface area contributed by atoms with Gasteiger partial charge >= 0.3 is 17.9 Å². The van der Waals surface area contributed by atoms with E-state index in [2.05, 4.69) is 20.8 Å². The molecule has 2 aromatic rings. The Kier molecular flexibility index (Phi) is 7.98. The quantitative estimate of drug-likeness (QED) is 0.120. The number of tetrazole rings is 1. The molecule has 38 heavy (non-hydrogen) atoms. The molecule has 0 radical (unpaired) electrons. The zero-order valence-electron chi connectivity index (χ0n) is 19.6. The number of thioether (sulfide) groups is 2. The maximum absolute atomic E-state index is 12.9. The minimum absolute atomic E-state index is 0.103. The highest BCUT2D eigenvalue weighted by molar-refractivity contribution is 8.01. The van der Waals surface area contributed by atoms with Crippen molar-refractivity contribution in [3.63, 3.8) is 0 Å². The number of esters is 1. The van der Waals surface area contributed by atoms with Crippen LogP contribution >= 0.6 is 23.5 Å². The Morgan fingerprint density at radius 1 is 1.32 bits per heavy atom. The molecule has 1 unspecified atom stereocenters. The van der Waals surface area contributed by atoms with Crippen LogP contribution in [-0.2, 0) is 30.5 Å². The zero-order chi connectivity index (χ0) is 27.6. The average Bonchev–Trinajstić information content (AvgIpc) is 3.30.